The van der Waals surface area contributed by atoms with Gasteiger partial charge in [0.1, 0.15) is 0 Å². The van der Waals surface area contributed by atoms with Gasteiger partial charge in [-0.2, -0.15) is 0 Å². The highest BCUT2D eigenvalue weighted by atomic mass is 16.5. The van der Waals surface area contributed by atoms with E-state index in [1.165, 1.54) is 32.2 Å². The van der Waals surface area contributed by atoms with E-state index in [4.69, 9.17) is 4.74 Å². The first-order valence-electron chi connectivity index (χ1n) is 8.18. The molecule has 2 heterocycles. The second-order valence-electron chi connectivity index (χ2n) is 6.89. The Kier molecular flexibility index (Phi) is 5.27. The van der Waals surface area contributed by atoms with Crippen molar-refractivity contribution in [1.29, 1.82) is 0 Å². The van der Waals surface area contributed by atoms with Crippen LogP contribution in [0.4, 0.5) is 0 Å². The highest BCUT2D eigenvalue weighted by Crippen LogP contribution is 2.32. The van der Waals surface area contributed by atoms with Crippen LogP contribution in [-0.2, 0) is 4.74 Å². The molecule has 0 saturated carbocycles. The summed E-state index contributed by atoms with van der Waals surface area (Å²) in [5.41, 5.74) is 0.432. The molecule has 0 amide bonds. The molecule has 19 heavy (non-hydrogen) atoms. The first kappa shape index (κ1) is 15.3. The first-order valence-corrected chi connectivity index (χ1v) is 8.18. The van der Waals surface area contributed by atoms with Gasteiger partial charge in [-0.15, -0.1) is 0 Å². The molecule has 2 atom stereocenters. The van der Waals surface area contributed by atoms with E-state index < -0.39 is 0 Å². The van der Waals surface area contributed by atoms with Crippen LogP contribution in [0.5, 0.6) is 0 Å². The van der Waals surface area contributed by atoms with E-state index in [0.717, 1.165) is 19.6 Å². The van der Waals surface area contributed by atoms with Crippen molar-refractivity contribution in [3.63, 3.8) is 0 Å². The molecule has 2 fully saturated rings. The number of likely N-dealkylation sites (tertiary alicyclic amines) is 1. The predicted molar refractivity (Wildman–Crippen MR) is 80.5 cm³/mol. The minimum Gasteiger partial charge on any atom is -0.372 e. The van der Waals surface area contributed by atoms with E-state index in [9.17, 15) is 0 Å². The second kappa shape index (κ2) is 6.55. The number of ether oxygens (including phenoxy) is 1. The van der Waals surface area contributed by atoms with Crippen molar-refractivity contribution in [2.24, 2.45) is 5.41 Å². The molecule has 3 nitrogen and oxygen atoms in total. The summed E-state index contributed by atoms with van der Waals surface area (Å²) in [5, 5.41) is 3.66. The molecule has 2 unspecified atom stereocenters. The zero-order valence-corrected chi connectivity index (χ0v) is 13.2. The third-order valence-corrected chi connectivity index (χ3v) is 5.06. The Hall–Kier alpha value is -0.120. The molecular formula is C16H32N2O. The average Bonchev–Trinajstić information content (AvgIpc) is 2.74. The maximum Gasteiger partial charge on any atom is 0.0707 e. The Labute approximate surface area is 119 Å². The number of fused-ring (bicyclic) bond motifs is 2. The van der Waals surface area contributed by atoms with Gasteiger partial charge in [-0.3, -0.25) is 4.90 Å². The Balaban J connectivity index is 1.91. The lowest BCUT2D eigenvalue weighted by Gasteiger charge is -2.41. The first-order chi connectivity index (χ1) is 9.07. The fourth-order valence-corrected chi connectivity index (χ4v) is 3.50. The smallest absolute Gasteiger partial charge is 0.0707 e. The zero-order valence-electron chi connectivity index (χ0n) is 13.2. The van der Waals surface area contributed by atoms with Crippen molar-refractivity contribution < 1.29 is 4.74 Å². The monoisotopic (exact) mass is 268 g/mol. The summed E-state index contributed by atoms with van der Waals surface area (Å²) in [5.74, 6) is 0. The van der Waals surface area contributed by atoms with Crippen molar-refractivity contribution in [3.8, 4) is 0 Å². The number of rotatable bonds is 7. The van der Waals surface area contributed by atoms with E-state index in [1.807, 2.05) is 0 Å². The minimum absolute atomic E-state index is 0.432. The van der Waals surface area contributed by atoms with Gasteiger partial charge >= 0.3 is 0 Å². The Morgan fingerprint density at radius 2 is 1.74 bits per heavy atom. The van der Waals surface area contributed by atoms with Crippen molar-refractivity contribution in [2.75, 3.05) is 26.2 Å². The van der Waals surface area contributed by atoms with Gasteiger partial charge in [-0.05, 0) is 31.1 Å². The van der Waals surface area contributed by atoms with Crippen LogP contribution in [0, 0.1) is 5.41 Å². The number of hydrogen-bond acceptors (Lipinski definition) is 3. The van der Waals surface area contributed by atoms with Crippen LogP contribution in [0.1, 0.15) is 53.4 Å². The topological polar surface area (TPSA) is 24.5 Å². The molecule has 2 saturated heterocycles. The molecule has 2 rings (SSSR count). The largest absolute Gasteiger partial charge is 0.372 e. The summed E-state index contributed by atoms with van der Waals surface area (Å²) in [6.07, 6.45) is 6.10. The highest BCUT2D eigenvalue weighted by Gasteiger charge is 2.37. The molecule has 1 N–H and O–H groups in total. The lowest BCUT2D eigenvalue weighted by Crippen LogP contribution is -2.50. The SMILES string of the molecule is CCC(CC)(CNC(C)C)CN1CC2CCC(C1)O2. The number of hydrogen-bond donors (Lipinski definition) is 1. The molecule has 112 valence electrons. The van der Waals surface area contributed by atoms with Crippen molar-refractivity contribution in [1.82, 2.24) is 10.2 Å². The quantitative estimate of drug-likeness (QED) is 0.768. The van der Waals surface area contributed by atoms with Gasteiger partial charge < -0.3 is 10.1 Å². The normalized spacial score (nSPS) is 28.3. The Morgan fingerprint density at radius 3 is 2.21 bits per heavy atom. The molecule has 2 bridgehead atoms. The van der Waals surface area contributed by atoms with Crippen LogP contribution in [-0.4, -0.2) is 49.3 Å². The summed E-state index contributed by atoms with van der Waals surface area (Å²) in [6, 6.07) is 0.582. The molecule has 0 radical (unpaired) electrons. The van der Waals surface area contributed by atoms with Gasteiger partial charge in [-0.1, -0.05) is 27.7 Å². The second-order valence-corrected chi connectivity index (χ2v) is 6.89. The molecule has 0 spiro atoms. The molecule has 0 aromatic rings. The Bertz CT molecular complexity index is 264. The summed E-state index contributed by atoms with van der Waals surface area (Å²) in [7, 11) is 0. The van der Waals surface area contributed by atoms with Crippen molar-refractivity contribution in [3.05, 3.63) is 0 Å². The van der Waals surface area contributed by atoms with E-state index in [2.05, 4.69) is 37.9 Å². The Morgan fingerprint density at radius 1 is 1.16 bits per heavy atom. The molecular weight excluding hydrogens is 236 g/mol. The summed E-state index contributed by atoms with van der Waals surface area (Å²) in [6.45, 7) is 13.9. The highest BCUT2D eigenvalue weighted by molar-refractivity contribution is 4.90. The number of nitrogens with one attached hydrogen (secondary N) is 1. The lowest BCUT2D eigenvalue weighted by molar-refractivity contribution is -0.0515. The van der Waals surface area contributed by atoms with Crippen LogP contribution >= 0.6 is 0 Å². The van der Waals surface area contributed by atoms with Gasteiger partial charge in [0.2, 0.25) is 0 Å². The molecule has 2 aliphatic rings. The van der Waals surface area contributed by atoms with Gasteiger partial charge in [0.15, 0.2) is 0 Å². The van der Waals surface area contributed by atoms with E-state index in [0.29, 0.717) is 23.7 Å². The standard InChI is InChI=1S/C16H32N2O/c1-5-16(6-2,11-17-13(3)4)12-18-9-14-7-8-15(10-18)19-14/h13-15,17H,5-12H2,1-4H3. The fraction of sp³-hybridized carbons (Fsp3) is 1.00. The zero-order chi connectivity index (χ0) is 13.9. The maximum atomic E-state index is 5.95. The van der Waals surface area contributed by atoms with Crippen molar-refractivity contribution in [2.45, 2.75) is 71.6 Å². The van der Waals surface area contributed by atoms with Crippen LogP contribution < -0.4 is 5.32 Å². The lowest BCUT2D eigenvalue weighted by atomic mass is 9.81. The summed E-state index contributed by atoms with van der Waals surface area (Å²) >= 11 is 0. The third kappa shape index (κ3) is 3.93. The maximum absolute atomic E-state index is 5.95. The van der Waals surface area contributed by atoms with E-state index in [1.54, 1.807) is 0 Å². The molecule has 0 aliphatic carbocycles. The average molecular weight is 268 g/mol. The van der Waals surface area contributed by atoms with Crippen LogP contribution in [0.3, 0.4) is 0 Å². The molecule has 0 aromatic heterocycles. The number of morpholine rings is 1. The van der Waals surface area contributed by atoms with Crippen LogP contribution in [0.2, 0.25) is 0 Å². The van der Waals surface area contributed by atoms with Crippen molar-refractivity contribution >= 4 is 0 Å². The molecule has 2 aliphatic heterocycles. The van der Waals surface area contributed by atoms with E-state index >= 15 is 0 Å². The van der Waals surface area contributed by atoms with E-state index in [-0.39, 0.29) is 0 Å². The van der Waals surface area contributed by atoms with Gasteiger partial charge in [-0.25, -0.2) is 0 Å². The molecule has 3 heteroatoms. The van der Waals surface area contributed by atoms with Crippen LogP contribution in [0.25, 0.3) is 0 Å². The fourth-order valence-electron chi connectivity index (χ4n) is 3.50. The van der Waals surface area contributed by atoms with Gasteiger partial charge in [0, 0.05) is 32.2 Å². The number of nitrogens with zero attached hydrogens (tertiary/aromatic N) is 1. The summed E-state index contributed by atoms with van der Waals surface area (Å²) < 4.78 is 5.95. The van der Waals surface area contributed by atoms with Gasteiger partial charge in [0.05, 0.1) is 12.2 Å². The molecule has 0 aromatic carbocycles. The summed E-state index contributed by atoms with van der Waals surface area (Å²) in [4.78, 5) is 2.67. The van der Waals surface area contributed by atoms with Gasteiger partial charge in [0.25, 0.3) is 0 Å². The third-order valence-electron chi connectivity index (χ3n) is 5.06. The predicted octanol–water partition coefficient (Wildman–Crippen LogP) is 2.65. The minimum atomic E-state index is 0.432. The van der Waals surface area contributed by atoms with Crippen LogP contribution in [0.15, 0.2) is 0 Å².